The molecule has 1 atom stereocenters. The molecular formula is C66H122O6. The quantitative estimate of drug-likeness (QED) is 0.0261. The largest absolute Gasteiger partial charge is 0.462 e. The van der Waals surface area contributed by atoms with E-state index < -0.39 is 6.10 Å². The summed E-state index contributed by atoms with van der Waals surface area (Å²) in [5.74, 6) is -0.861. The second-order valence-corrected chi connectivity index (χ2v) is 21.7. The van der Waals surface area contributed by atoms with Gasteiger partial charge in [0, 0.05) is 19.3 Å². The second-order valence-electron chi connectivity index (χ2n) is 21.7. The highest BCUT2D eigenvalue weighted by atomic mass is 16.6. The molecule has 72 heavy (non-hydrogen) atoms. The lowest BCUT2D eigenvalue weighted by molar-refractivity contribution is -0.167. The van der Waals surface area contributed by atoms with Gasteiger partial charge < -0.3 is 14.2 Å². The van der Waals surface area contributed by atoms with Crippen LogP contribution in [-0.4, -0.2) is 37.2 Å². The van der Waals surface area contributed by atoms with Crippen LogP contribution in [0.15, 0.2) is 36.5 Å². The highest BCUT2D eigenvalue weighted by Crippen LogP contribution is 2.17. The third kappa shape index (κ3) is 58.5. The molecule has 0 spiro atoms. The van der Waals surface area contributed by atoms with E-state index >= 15 is 0 Å². The van der Waals surface area contributed by atoms with Gasteiger partial charge in [0.25, 0.3) is 0 Å². The molecule has 0 aromatic rings. The van der Waals surface area contributed by atoms with Crippen LogP contribution in [0, 0.1) is 0 Å². The lowest BCUT2D eigenvalue weighted by Gasteiger charge is -2.18. The van der Waals surface area contributed by atoms with Crippen LogP contribution < -0.4 is 0 Å². The van der Waals surface area contributed by atoms with Gasteiger partial charge in [-0.05, 0) is 77.0 Å². The number of esters is 3. The van der Waals surface area contributed by atoms with Crippen LogP contribution in [-0.2, 0) is 28.6 Å². The average Bonchev–Trinajstić information content (AvgIpc) is 3.38. The molecule has 0 aromatic carbocycles. The normalized spacial score (nSPS) is 12.2. The van der Waals surface area contributed by atoms with E-state index in [2.05, 4.69) is 57.2 Å². The Labute approximate surface area is 448 Å². The summed E-state index contributed by atoms with van der Waals surface area (Å²) < 4.78 is 16.9. The molecule has 0 rings (SSSR count). The minimum absolute atomic E-state index is 0.0704. The minimum Gasteiger partial charge on any atom is -0.462 e. The van der Waals surface area contributed by atoms with Gasteiger partial charge in [-0.15, -0.1) is 0 Å². The monoisotopic (exact) mass is 1010 g/mol. The number of carbonyl (C=O) groups is 3. The van der Waals surface area contributed by atoms with Gasteiger partial charge in [-0.2, -0.15) is 0 Å². The Hall–Kier alpha value is -2.37. The third-order valence-electron chi connectivity index (χ3n) is 14.4. The predicted molar refractivity (Wildman–Crippen MR) is 312 cm³/mol. The lowest BCUT2D eigenvalue weighted by atomic mass is 10.0. The second kappa shape index (κ2) is 61.2. The molecule has 422 valence electrons. The van der Waals surface area contributed by atoms with Crippen LogP contribution in [0.4, 0.5) is 0 Å². The zero-order valence-electron chi connectivity index (χ0n) is 48.5. The Morgan fingerprint density at radius 2 is 0.500 bits per heavy atom. The van der Waals surface area contributed by atoms with Crippen molar-refractivity contribution < 1.29 is 28.6 Å². The van der Waals surface area contributed by atoms with Crippen molar-refractivity contribution in [1.82, 2.24) is 0 Å². The van der Waals surface area contributed by atoms with Crippen LogP contribution in [0.2, 0.25) is 0 Å². The number of carbonyl (C=O) groups excluding carboxylic acids is 3. The molecule has 0 N–H and O–H groups in total. The standard InChI is InChI=1S/C66H122O6/c1-4-7-10-13-16-19-22-24-25-26-27-28-29-30-31-32-33-34-35-36-37-38-39-40-41-43-44-47-50-53-56-59-65(68)71-62-63(61-70-64(67)58-55-52-49-46-21-18-15-12-9-6-3)72-66(69)60-57-54-51-48-45-42-23-20-17-14-11-8-5-2/h20,22-24,26-27,63H,4-19,21,25,28-62H2,1-3H3/b23-20-,24-22-,27-26-. The molecule has 0 aliphatic carbocycles. The van der Waals surface area contributed by atoms with Gasteiger partial charge in [0.15, 0.2) is 6.10 Å². The molecule has 0 aliphatic heterocycles. The summed E-state index contributed by atoms with van der Waals surface area (Å²) in [6.45, 7) is 6.64. The van der Waals surface area contributed by atoms with E-state index in [-0.39, 0.29) is 31.1 Å². The summed E-state index contributed by atoms with van der Waals surface area (Å²) in [6.07, 6.45) is 74.6. The van der Waals surface area contributed by atoms with Crippen LogP contribution in [0.25, 0.3) is 0 Å². The van der Waals surface area contributed by atoms with Crippen molar-refractivity contribution in [1.29, 1.82) is 0 Å². The predicted octanol–water partition coefficient (Wildman–Crippen LogP) is 21.6. The number of ether oxygens (including phenoxy) is 3. The first-order valence-corrected chi connectivity index (χ1v) is 32.0. The van der Waals surface area contributed by atoms with E-state index in [9.17, 15) is 14.4 Å². The molecule has 0 aromatic heterocycles. The molecule has 6 nitrogen and oxygen atoms in total. The molecule has 0 radical (unpaired) electrons. The number of allylic oxidation sites excluding steroid dienone is 6. The highest BCUT2D eigenvalue weighted by molar-refractivity contribution is 5.71. The molecule has 6 heteroatoms. The number of rotatable bonds is 59. The Kier molecular flexibility index (Phi) is 59.2. The molecule has 0 amide bonds. The Morgan fingerprint density at radius 1 is 0.278 bits per heavy atom. The maximum absolute atomic E-state index is 12.8. The number of hydrogen-bond acceptors (Lipinski definition) is 6. The Bertz CT molecular complexity index is 1210. The molecule has 0 saturated carbocycles. The van der Waals surface area contributed by atoms with Crippen LogP contribution in [0.1, 0.15) is 348 Å². The lowest BCUT2D eigenvalue weighted by Crippen LogP contribution is -2.30. The van der Waals surface area contributed by atoms with E-state index in [1.165, 1.54) is 238 Å². The molecule has 0 heterocycles. The van der Waals surface area contributed by atoms with Gasteiger partial charge in [-0.25, -0.2) is 0 Å². The summed E-state index contributed by atoms with van der Waals surface area (Å²) >= 11 is 0. The van der Waals surface area contributed by atoms with E-state index in [0.717, 1.165) is 70.6 Å². The molecule has 0 saturated heterocycles. The first kappa shape index (κ1) is 69.6. The fourth-order valence-electron chi connectivity index (χ4n) is 9.53. The van der Waals surface area contributed by atoms with Gasteiger partial charge in [0.2, 0.25) is 0 Å². The van der Waals surface area contributed by atoms with E-state index in [0.29, 0.717) is 19.3 Å². The molecule has 0 fully saturated rings. The van der Waals surface area contributed by atoms with Crippen molar-refractivity contribution in [3.63, 3.8) is 0 Å². The van der Waals surface area contributed by atoms with Crippen molar-refractivity contribution in [3.8, 4) is 0 Å². The van der Waals surface area contributed by atoms with Crippen molar-refractivity contribution in [2.24, 2.45) is 0 Å². The van der Waals surface area contributed by atoms with E-state index in [4.69, 9.17) is 14.2 Å². The SMILES string of the molecule is CCCCCC/C=C\CCCCCCCC(=O)OC(COC(=O)CCCCCCCCCCCC)COC(=O)CCCCCCCCCCCCCCCCCCCCC/C=C\C/C=C\CCCCCCC. The van der Waals surface area contributed by atoms with Crippen molar-refractivity contribution in [2.45, 2.75) is 354 Å². The molecular weight excluding hydrogens is 889 g/mol. The van der Waals surface area contributed by atoms with Gasteiger partial charge in [-0.3, -0.25) is 14.4 Å². The fourth-order valence-corrected chi connectivity index (χ4v) is 9.53. The van der Waals surface area contributed by atoms with Crippen LogP contribution >= 0.6 is 0 Å². The van der Waals surface area contributed by atoms with Gasteiger partial charge in [0.05, 0.1) is 0 Å². The summed E-state index contributed by atoms with van der Waals surface area (Å²) in [7, 11) is 0. The third-order valence-corrected chi connectivity index (χ3v) is 14.4. The maximum Gasteiger partial charge on any atom is 0.306 e. The summed E-state index contributed by atoms with van der Waals surface area (Å²) in [5.41, 5.74) is 0. The van der Waals surface area contributed by atoms with Crippen molar-refractivity contribution in [3.05, 3.63) is 36.5 Å². The van der Waals surface area contributed by atoms with E-state index in [1.54, 1.807) is 0 Å². The highest BCUT2D eigenvalue weighted by Gasteiger charge is 2.19. The van der Waals surface area contributed by atoms with Gasteiger partial charge in [0.1, 0.15) is 13.2 Å². The van der Waals surface area contributed by atoms with Crippen LogP contribution in [0.5, 0.6) is 0 Å². The summed E-state index contributed by atoms with van der Waals surface area (Å²) in [5, 5.41) is 0. The van der Waals surface area contributed by atoms with E-state index in [1.807, 2.05) is 0 Å². The molecule has 1 unspecified atom stereocenters. The first-order chi connectivity index (χ1) is 35.5. The maximum atomic E-state index is 12.8. The number of unbranched alkanes of at least 4 members (excludes halogenated alkanes) is 42. The van der Waals surface area contributed by atoms with Crippen LogP contribution in [0.3, 0.4) is 0 Å². The summed E-state index contributed by atoms with van der Waals surface area (Å²) in [6, 6.07) is 0. The Balaban J connectivity index is 4.04. The molecule has 0 bridgehead atoms. The zero-order valence-corrected chi connectivity index (χ0v) is 48.5. The van der Waals surface area contributed by atoms with Crippen molar-refractivity contribution >= 4 is 17.9 Å². The Morgan fingerprint density at radius 3 is 0.792 bits per heavy atom. The summed E-state index contributed by atoms with van der Waals surface area (Å²) in [4.78, 5) is 38.1. The minimum atomic E-state index is -0.771. The van der Waals surface area contributed by atoms with Gasteiger partial charge in [-0.1, -0.05) is 288 Å². The van der Waals surface area contributed by atoms with Gasteiger partial charge >= 0.3 is 17.9 Å². The zero-order chi connectivity index (χ0) is 52.2. The van der Waals surface area contributed by atoms with Crippen molar-refractivity contribution in [2.75, 3.05) is 13.2 Å². The average molecular weight is 1010 g/mol. The smallest absolute Gasteiger partial charge is 0.306 e. The molecule has 0 aliphatic rings. The number of hydrogen-bond donors (Lipinski definition) is 0. The topological polar surface area (TPSA) is 78.9 Å². The fraction of sp³-hybridized carbons (Fsp3) is 0.864. The first-order valence-electron chi connectivity index (χ1n) is 32.0.